The highest BCUT2D eigenvalue weighted by Crippen LogP contribution is 2.36. The monoisotopic (exact) mass is 397 g/mol. The minimum absolute atomic E-state index is 0.147. The zero-order chi connectivity index (χ0) is 16.9. The van der Waals surface area contributed by atoms with Crippen LogP contribution in [0.15, 0.2) is 56.2 Å². The van der Waals surface area contributed by atoms with Crippen LogP contribution in [0.4, 0.5) is 0 Å². The SMILES string of the molecule is CCOc1cc(/C=N\S(=O)(=O)c2ccccc2)cc(Br)c1OC. The van der Waals surface area contributed by atoms with Crippen molar-refractivity contribution in [3.63, 3.8) is 0 Å². The van der Waals surface area contributed by atoms with E-state index in [1.54, 1.807) is 30.3 Å². The van der Waals surface area contributed by atoms with Crippen molar-refractivity contribution in [2.24, 2.45) is 4.40 Å². The first-order chi connectivity index (χ1) is 11.0. The van der Waals surface area contributed by atoms with Gasteiger partial charge in [-0.2, -0.15) is 12.8 Å². The van der Waals surface area contributed by atoms with Crippen LogP contribution in [0.5, 0.6) is 11.5 Å². The molecule has 2 aromatic carbocycles. The number of nitrogens with zero attached hydrogens (tertiary/aromatic N) is 1. The van der Waals surface area contributed by atoms with E-state index in [4.69, 9.17) is 9.47 Å². The summed E-state index contributed by atoms with van der Waals surface area (Å²) >= 11 is 3.38. The lowest BCUT2D eigenvalue weighted by Crippen LogP contribution is -1.99. The van der Waals surface area contributed by atoms with Crippen LogP contribution in [0.2, 0.25) is 0 Å². The molecule has 0 aliphatic heterocycles. The van der Waals surface area contributed by atoms with Gasteiger partial charge in [0.1, 0.15) is 0 Å². The molecule has 7 heteroatoms. The lowest BCUT2D eigenvalue weighted by atomic mass is 10.2. The topological polar surface area (TPSA) is 65.0 Å². The van der Waals surface area contributed by atoms with Crippen LogP contribution in [0.25, 0.3) is 0 Å². The number of sulfonamides is 1. The molecule has 2 rings (SSSR count). The van der Waals surface area contributed by atoms with Crippen molar-refractivity contribution in [3.8, 4) is 11.5 Å². The van der Waals surface area contributed by atoms with E-state index >= 15 is 0 Å². The molecule has 0 bridgehead atoms. The Morgan fingerprint density at radius 1 is 1.22 bits per heavy atom. The van der Waals surface area contributed by atoms with Crippen LogP contribution in [0.1, 0.15) is 12.5 Å². The molecular formula is C16H16BrNO4S. The fourth-order valence-electron chi connectivity index (χ4n) is 1.91. The molecule has 0 N–H and O–H groups in total. The molecule has 0 aromatic heterocycles. The van der Waals surface area contributed by atoms with E-state index in [0.29, 0.717) is 28.1 Å². The first-order valence-electron chi connectivity index (χ1n) is 6.83. The highest BCUT2D eigenvalue weighted by Gasteiger charge is 2.13. The molecule has 0 aliphatic rings. The van der Waals surface area contributed by atoms with Crippen molar-refractivity contribution in [3.05, 3.63) is 52.5 Å². The van der Waals surface area contributed by atoms with E-state index in [2.05, 4.69) is 20.3 Å². The van der Waals surface area contributed by atoms with Crippen molar-refractivity contribution >= 4 is 32.2 Å². The minimum Gasteiger partial charge on any atom is -0.492 e. The quantitative estimate of drug-likeness (QED) is 0.697. The highest BCUT2D eigenvalue weighted by molar-refractivity contribution is 9.10. The van der Waals surface area contributed by atoms with Gasteiger partial charge in [-0.05, 0) is 52.7 Å². The molecule has 0 amide bonds. The predicted molar refractivity (Wildman–Crippen MR) is 93.1 cm³/mol. The molecule has 0 unspecified atom stereocenters. The summed E-state index contributed by atoms with van der Waals surface area (Å²) in [5, 5.41) is 0. The summed E-state index contributed by atoms with van der Waals surface area (Å²) in [6.45, 7) is 2.32. The molecule has 0 heterocycles. The van der Waals surface area contributed by atoms with Crippen LogP contribution in [0.3, 0.4) is 0 Å². The lowest BCUT2D eigenvalue weighted by Gasteiger charge is -2.11. The minimum atomic E-state index is -3.73. The maximum Gasteiger partial charge on any atom is 0.282 e. The Labute approximate surface area is 144 Å². The summed E-state index contributed by atoms with van der Waals surface area (Å²) in [5.74, 6) is 1.07. The first kappa shape index (κ1) is 17.5. The van der Waals surface area contributed by atoms with Crippen LogP contribution >= 0.6 is 15.9 Å². The summed E-state index contributed by atoms with van der Waals surface area (Å²) in [5.41, 5.74) is 0.584. The summed E-state index contributed by atoms with van der Waals surface area (Å²) in [4.78, 5) is 0.147. The van der Waals surface area contributed by atoms with Crippen LogP contribution in [0, 0.1) is 0 Å². The van der Waals surface area contributed by atoms with Crippen molar-refractivity contribution in [2.75, 3.05) is 13.7 Å². The number of methoxy groups -OCH3 is 1. The second-order valence-electron chi connectivity index (χ2n) is 4.49. The van der Waals surface area contributed by atoms with Gasteiger partial charge in [-0.25, -0.2) is 0 Å². The molecule has 23 heavy (non-hydrogen) atoms. The van der Waals surface area contributed by atoms with E-state index in [1.807, 2.05) is 6.92 Å². The van der Waals surface area contributed by atoms with Gasteiger partial charge in [0.15, 0.2) is 11.5 Å². The third-order valence-corrected chi connectivity index (χ3v) is 4.76. The third-order valence-electron chi connectivity index (χ3n) is 2.92. The van der Waals surface area contributed by atoms with Gasteiger partial charge in [0.2, 0.25) is 0 Å². The average molecular weight is 398 g/mol. The summed E-state index contributed by atoms with van der Waals surface area (Å²) in [6.07, 6.45) is 1.29. The Hall–Kier alpha value is -1.86. The van der Waals surface area contributed by atoms with Crippen molar-refractivity contribution in [1.29, 1.82) is 0 Å². The fourth-order valence-corrected chi connectivity index (χ4v) is 3.41. The molecule has 5 nitrogen and oxygen atoms in total. The maximum absolute atomic E-state index is 12.2. The molecule has 0 fully saturated rings. The number of hydrogen-bond donors (Lipinski definition) is 0. The van der Waals surface area contributed by atoms with Gasteiger partial charge < -0.3 is 9.47 Å². The lowest BCUT2D eigenvalue weighted by molar-refractivity contribution is 0.310. The molecule has 0 radical (unpaired) electrons. The number of benzene rings is 2. The summed E-state index contributed by atoms with van der Waals surface area (Å²) < 4.78 is 39.5. The van der Waals surface area contributed by atoms with Crippen LogP contribution in [-0.2, 0) is 10.0 Å². The first-order valence-corrected chi connectivity index (χ1v) is 9.07. The van der Waals surface area contributed by atoms with E-state index in [-0.39, 0.29) is 4.90 Å². The van der Waals surface area contributed by atoms with Gasteiger partial charge in [-0.1, -0.05) is 18.2 Å². The second-order valence-corrected chi connectivity index (χ2v) is 6.98. The Morgan fingerprint density at radius 2 is 1.91 bits per heavy atom. The largest absolute Gasteiger partial charge is 0.492 e. The third kappa shape index (κ3) is 4.33. The van der Waals surface area contributed by atoms with Crippen LogP contribution in [-0.4, -0.2) is 28.3 Å². The zero-order valence-corrected chi connectivity index (χ0v) is 15.1. The van der Waals surface area contributed by atoms with Crippen molar-refractivity contribution in [2.45, 2.75) is 11.8 Å². The molecule has 0 saturated heterocycles. The molecule has 2 aromatic rings. The molecule has 0 aliphatic carbocycles. The normalized spacial score (nSPS) is 11.6. The second kappa shape index (κ2) is 7.61. The van der Waals surface area contributed by atoms with Crippen molar-refractivity contribution in [1.82, 2.24) is 0 Å². The van der Waals surface area contributed by atoms with Gasteiger partial charge in [0.25, 0.3) is 10.0 Å². The van der Waals surface area contributed by atoms with Crippen molar-refractivity contribution < 1.29 is 17.9 Å². The van der Waals surface area contributed by atoms with Gasteiger partial charge in [0, 0.05) is 6.21 Å². The fraction of sp³-hybridized carbons (Fsp3) is 0.188. The number of rotatable bonds is 6. The van der Waals surface area contributed by atoms with Crippen LogP contribution < -0.4 is 9.47 Å². The van der Waals surface area contributed by atoms with E-state index in [1.165, 1.54) is 25.5 Å². The van der Waals surface area contributed by atoms with Gasteiger partial charge in [-0.15, -0.1) is 0 Å². The molecule has 0 saturated carbocycles. The number of halogens is 1. The number of hydrogen-bond acceptors (Lipinski definition) is 4. The van der Waals surface area contributed by atoms with E-state index < -0.39 is 10.0 Å². The van der Waals surface area contributed by atoms with E-state index in [0.717, 1.165) is 0 Å². The Morgan fingerprint density at radius 3 is 2.52 bits per heavy atom. The summed E-state index contributed by atoms with van der Waals surface area (Å²) in [6, 6.07) is 11.4. The summed E-state index contributed by atoms with van der Waals surface area (Å²) in [7, 11) is -2.19. The Bertz CT molecular complexity index is 804. The Kier molecular flexibility index (Phi) is 5.79. The van der Waals surface area contributed by atoms with Gasteiger partial charge >= 0.3 is 0 Å². The standard InChI is InChI=1S/C16H16BrNO4S/c1-3-22-15-10-12(9-14(17)16(15)21-2)11-18-23(19,20)13-7-5-4-6-8-13/h4-11H,3H2,1-2H3/b18-11-. The number of ether oxygens (including phenoxy) is 2. The average Bonchev–Trinajstić information content (AvgIpc) is 2.54. The van der Waals surface area contributed by atoms with Gasteiger partial charge in [-0.3, -0.25) is 0 Å². The molecular weight excluding hydrogens is 382 g/mol. The zero-order valence-electron chi connectivity index (χ0n) is 12.7. The molecule has 0 spiro atoms. The van der Waals surface area contributed by atoms with Gasteiger partial charge in [0.05, 0.1) is 23.1 Å². The Balaban J connectivity index is 2.36. The molecule has 122 valence electrons. The maximum atomic E-state index is 12.2. The predicted octanol–water partition coefficient (Wildman–Crippen LogP) is 3.66. The highest BCUT2D eigenvalue weighted by atomic mass is 79.9. The van der Waals surface area contributed by atoms with E-state index in [9.17, 15) is 8.42 Å². The molecule has 0 atom stereocenters. The smallest absolute Gasteiger partial charge is 0.282 e.